The van der Waals surface area contributed by atoms with Crippen molar-refractivity contribution in [2.45, 2.75) is 25.3 Å². The Morgan fingerprint density at radius 1 is 1.27 bits per heavy atom. The molecule has 1 saturated carbocycles. The van der Waals surface area contributed by atoms with E-state index in [2.05, 4.69) is 33.5 Å². The summed E-state index contributed by atoms with van der Waals surface area (Å²) in [6.07, 6.45) is 6.34. The minimum absolute atomic E-state index is 0.537. The van der Waals surface area contributed by atoms with E-state index in [0.29, 0.717) is 6.04 Å². The van der Waals surface area contributed by atoms with Gasteiger partial charge in [-0.1, -0.05) is 12.8 Å². The normalized spacial score (nSPS) is 21.1. The van der Waals surface area contributed by atoms with Crippen molar-refractivity contribution in [2.24, 2.45) is 5.92 Å². The van der Waals surface area contributed by atoms with E-state index in [0.717, 1.165) is 37.8 Å². The molecule has 0 unspecified atom stereocenters. The molecular weight excluding hydrogens is 274 g/mol. The summed E-state index contributed by atoms with van der Waals surface area (Å²) in [5, 5.41) is 4.79. The Balaban J connectivity index is 1.70. The summed E-state index contributed by atoms with van der Waals surface area (Å²) in [6.45, 7) is 4.50. The lowest BCUT2D eigenvalue weighted by atomic mass is 9.98. The summed E-state index contributed by atoms with van der Waals surface area (Å²) in [5.41, 5.74) is 2.66. The Hall–Kier alpha value is -1.52. The van der Waals surface area contributed by atoms with Gasteiger partial charge in [0.1, 0.15) is 5.75 Å². The number of nitrogens with one attached hydrogen (secondary N) is 2. The molecule has 1 aliphatic heterocycles. The molecular formula is C18H25N3O. The Bertz CT molecular complexity index is 641. The summed E-state index contributed by atoms with van der Waals surface area (Å²) in [6, 6.07) is 6.88. The maximum atomic E-state index is 5.43. The molecule has 2 aromatic rings. The zero-order chi connectivity index (χ0) is 14.9. The van der Waals surface area contributed by atoms with Crippen LogP contribution in [0.25, 0.3) is 10.9 Å². The third-order valence-corrected chi connectivity index (χ3v) is 5.13. The van der Waals surface area contributed by atoms with Crippen LogP contribution in [0.3, 0.4) is 0 Å². The van der Waals surface area contributed by atoms with E-state index in [1.54, 1.807) is 7.11 Å². The Morgan fingerprint density at radius 3 is 2.82 bits per heavy atom. The Morgan fingerprint density at radius 2 is 2.09 bits per heavy atom. The number of methoxy groups -OCH3 is 1. The van der Waals surface area contributed by atoms with Crippen molar-refractivity contribution >= 4 is 10.9 Å². The molecule has 4 heteroatoms. The molecule has 1 aromatic carbocycles. The van der Waals surface area contributed by atoms with Crippen LogP contribution in [0.2, 0.25) is 0 Å². The van der Waals surface area contributed by atoms with Gasteiger partial charge in [-0.05, 0) is 36.1 Å². The van der Waals surface area contributed by atoms with E-state index >= 15 is 0 Å². The summed E-state index contributed by atoms with van der Waals surface area (Å²) >= 11 is 0. The summed E-state index contributed by atoms with van der Waals surface area (Å²) in [4.78, 5) is 6.12. The van der Waals surface area contributed by atoms with Crippen LogP contribution in [0.15, 0.2) is 24.4 Å². The second-order valence-corrected chi connectivity index (χ2v) is 6.64. The minimum atomic E-state index is 0.537. The zero-order valence-electron chi connectivity index (χ0n) is 13.3. The number of nitrogens with zero attached hydrogens (tertiary/aromatic N) is 1. The molecule has 1 aliphatic carbocycles. The highest BCUT2D eigenvalue weighted by atomic mass is 16.5. The van der Waals surface area contributed by atoms with E-state index in [-0.39, 0.29) is 0 Å². The van der Waals surface area contributed by atoms with Crippen molar-refractivity contribution in [2.75, 3.05) is 33.3 Å². The number of fused-ring (bicyclic) bond motifs is 1. The molecule has 0 radical (unpaired) electrons. The maximum Gasteiger partial charge on any atom is 0.119 e. The monoisotopic (exact) mass is 299 g/mol. The average molecular weight is 299 g/mol. The van der Waals surface area contributed by atoms with E-state index < -0.39 is 0 Å². The van der Waals surface area contributed by atoms with Crippen molar-refractivity contribution in [3.8, 4) is 5.75 Å². The van der Waals surface area contributed by atoms with Gasteiger partial charge in [0.05, 0.1) is 7.11 Å². The molecule has 4 rings (SSSR count). The predicted octanol–water partition coefficient (Wildman–Crippen LogP) is 2.92. The molecule has 0 bridgehead atoms. The van der Waals surface area contributed by atoms with Gasteiger partial charge in [0, 0.05) is 49.3 Å². The summed E-state index contributed by atoms with van der Waals surface area (Å²) in [5.74, 6) is 1.87. The van der Waals surface area contributed by atoms with Gasteiger partial charge in [0.25, 0.3) is 0 Å². The van der Waals surface area contributed by atoms with E-state index in [1.165, 1.54) is 35.7 Å². The molecule has 0 spiro atoms. The molecule has 118 valence electrons. The number of aromatic nitrogens is 1. The average Bonchev–Trinajstić information content (AvgIpc) is 3.31. The lowest BCUT2D eigenvalue weighted by Gasteiger charge is -2.35. The fraction of sp³-hybridized carbons (Fsp3) is 0.556. The predicted molar refractivity (Wildman–Crippen MR) is 89.4 cm³/mol. The molecule has 2 N–H and O–H groups in total. The third-order valence-electron chi connectivity index (χ3n) is 5.13. The van der Waals surface area contributed by atoms with Crippen LogP contribution in [-0.2, 0) is 0 Å². The molecule has 22 heavy (non-hydrogen) atoms. The number of benzene rings is 1. The van der Waals surface area contributed by atoms with Gasteiger partial charge in [0.2, 0.25) is 0 Å². The van der Waals surface area contributed by atoms with Crippen molar-refractivity contribution < 1.29 is 4.74 Å². The third kappa shape index (κ3) is 2.73. The number of aromatic amines is 1. The molecule has 2 heterocycles. The highest BCUT2D eigenvalue weighted by molar-refractivity contribution is 5.85. The van der Waals surface area contributed by atoms with Gasteiger partial charge in [-0.3, -0.25) is 4.90 Å². The highest BCUT2D eigenvalue weighted by Gasteiger charge is 2.31. The largest absolute Gasteiger partial charge is 0.497 e. The molecule has 1 atom stereocenters. The summed E-state index contributed by atoms with van der Waals surface area (Å²) in [7, 11) is 1.74. The Kier molecular flexibility index (Phi) is 3.80. The van der Waals surface area contributed by atoms with Crippen molar-refractivity contribution in [1.29, 1.82) is 0 Å². The van der Waals surface area contributed by atoms with Crippen molar-refractivity contribution in [1.82, 2.24) is 15.2 Å². The smallest absolute Gasteiger partial charge is 0.119 e. The number of hydrogen-bond donors (Lipinski definition) is 2. The van der Waals surface area contributed by atoms with Crippen molar-refractivity contribution in [3.63, 3.8) is 0 Å². The lowest BCUT2D eigenvalue weighted by molar-refractivity contribution is 0.161. The quantitative estimate of drug-likeness (QED) is 0.892. The van der Waals surface area contributed by atoms with Crippen LogP contribution in [0.4, 0.5) is 0 Å². The van der Waals surface area contributed by atoms with E-state index in [4.69, 9.17) is 4.74 Å². The first-order valence-corrected chi connectivity index (χ1v) is 8.45. The molecule has 1 aromatic heterocycles. The van der Waals surface area contributed by atoms with Crippen LogP contribution in [0.1, 0.15) is 30.9 Å². The number of ether oxygens (including phenoxy) is 1. The second kappa shape index (κ2) is 5.94. The molecule has 1 saturated heterocycles. The van der Waals surface area contributed by atoms with Gasteiger partial charge in [-0.15, -0.1) is 0 Å². The van der Waals surface area contributed by atoms with Crippen LogP contribution in [0, 0.1) is 5.92 Å². The number of hydrogen-bond acceptors (Lipinski definition) is 3. The van der Waals surface area contributed by atoms with Gasteiger partial charge in [-0.25, -0.2) is 0 Å². The van der Waals surface area contributed by atoms with Gasteiger partial charge < -0.3 is 15.0 Å². The second-order valence-electron chi connectivity index (χ2n) is 6.64. The SMILES string of the molecule is COc1ccc2[nH]cc([C@H](CC3CC3)N3CCNCC3)c2c1. The summed E-state index contributed by atoms with van der Waals surface area (Å²) < 4.78 is 5.43. The van der Waals surface area contributed by atoms with Crippen LogP contribution in [-0.4, -0.2) is 43.2 Å². The number of H-pyrrole nitrogens is 1. The highest BCUT2D eigenvalue weighted by Crippen LogP contribution is 2.42. The topological polar surface area (TPSA) is 40.3 Å². The van der Waals surface area contributed by atoms with E-state index in [1.807, 2.05) is 6.07 Å². The zero-order valence-corrected chi connectivity index (χ0v) is 13.3. The fourth-order valence-corrected chi connectivity index (χ4v) is 3.66. The van der Waals surface area contributed by atoms with Gasteiger partial charge >= 0.3 is 0 Å². The van der Waals surface area contributed by atoms with Crippen LogP contribution >= 0.6 is 0 Å². The van der Waals surface area contributed by atoms with Crippen LogP contribution < -0.4 is 10.1 Å². The van der Waals surface area contributed by atoms with E-state index in [9.17, 15) is 0 Å². The first-order valence-electron chi connectivity index (χ1n) is 8.45. The number of rotatable bonds is 5. The van der Waals surface area contributed by atoms with Gasteiger partial charge in [0.15, 0.2) is 0 Å². The van der Waals surface area contributed by atoms with Crippen LogP contribution in [0.5, 0.6) is 5.75 Å². The molecule has 2 aliphatic rings. The first-order chi connectivity index (χ1) is 10.8. The molecule has 4 nitrogen and oxygen atoms in total. The number of piperazine rings is 1. The maximum absolute atomic E-state index is 5.43. The van der Waals surface area contributed by atoms with Gasteiger partial charge in [-0.2, -0.15) is 0 Å². The minimum Gasteiger partial charge on any atom is -0.497 e. The fourth-order valence-electron chi connectivity index (χ4n) is 3.66. The van der Waals surface area contributed by atoms with Crippen molar-refractivity contribution in [3.05, 3.63) is 30.0 Å². The Labute approximate surface area is 131 Å². The first kappa shape index (κ1) is 14.1. The lowest BCUT2D eigenvalue weighted by Crippen LogP contribution is -2.45. The standard InChI is InChI=1S/C18H25N3O/c1-22-14-4-5-17-15(11-14)16(12-20-17)18(10-13-2-3-13)21-8-6-19-7-9-21/h4-5,11-13,18-20H,2-3,6-10H2,1H3/t18-/m0/s1. The molecule has 0 amide bonds. The molecule has 2 fully saturated rings.